The molecule has 0 N–H and O–H groups in total. The van der Waals surface area contributed by atoms with Crippen molar-refractivity contribution >= 4 is 7.92 Å². The van der Waals surface area contributed by atoms with E-state index < -0.39 is 20.3 Å². The predicted molar refractivity (Wildman–Crippen MR) is 38.9 cm³/mol. The molecule has 0 saturated heterocycles. The maximum absolute atomic E-state index is 11.7. The Morgan fingerprint density at radius 1 is 1.10 bits per heavy atom. The number of hydrogen-bond donors (Lipinski definition) is 0. The van der Waals surface area contributed by atoms with Crippen LogP contribution in [0.3, 0.4) is 0 Å². The second-order valence-electron chi connectivity index (χ2n) is 2.08. The average molecular weight is 172 g/mol. The molecule has 10 heavy (non-hydrogen) atoms. The molecule has 0 bridgehead atoms. The molecule has 0 heterocycles. The summed E-state index contributed by atoms with van der Waals surface area (Å²) in [6.45, 7) is 3.64. The van der Waals surface area contributed by atoms with Gasteiger partial charge in [-0.15, -0.1) is 0 Å². The molecule has 0 spiro atoms. The van der Waals surface area contributed by atoms with Gasteiger partial charge in [-0.1, -0.05) is 21.8 Å². The largest absolute Gasteiger partial charge is 0.392 e. The molecular formula is C6H12F3P. The lowest BCUT2D eigenvalue weighted by Gasteiger charge is -2.14. The second kappa shape index (κ2) is 4.17. The van der Waals surface area contributed by atoms with Crippen LogP contribution in [0.4, 0.5) is 13.2 Å². The highest BCUT2D eigenvalue weighted by Gasteiger charge is 2.29. The van der Waals surface area contributed by atoms with Gasteiger partial charge >= 0.3 is 6.18 Å². The van der Waals surface area contributed by atoms with E-state index in [1.54, 1.807) is 0 Å². The highest BCUT2D eigenvalue weighted by molar-refractivity contribution is 7.57. The molecule has 4 heteroatoms. The number of alkyl halides is 3. The molecule has 0 fully saturated rings. The van der Waals surface area contributed by atoms with Gasteiger partial charge in [-0.25, -0.2) is 0 Å². The lowest BCUT2D eigenvalue weighted by Crippen LogP contribution is -2.13. The van der Waals surface area contributed by atoms with Gasteiger partial charge in [-0.3, -0.25) is 0 Å². The van der Waals surface area contributed by atoms with Gasteiger partial charge in [0.15, 0.2) is 0 Å². The molecule has 0 aromatic carbocycles. The molecule has 0 unspecified atom stereocenters. The first kappa shape index (κ1) is 10.2. The van der Waals surface area contributed by atoms with E-state index in [0.717, 1.165) is 0 Å². The third kappa shape index (κ3) is 5.04. The van der Waals surface area contributed by atoms with Gasteiger partial charge in [-0.2, -0.15) is 13.2 Å². The van der Waals surface area contributed by atoms with Crippen molar-refractivity contribution in [3.63, 3.8) is 0 Å². The lowest BCUT2D eigenvalue weighted by molar-refractivity contribution is -0.106. The predicted octanol–water partition coefficient (Wildman–Crippen LogP) is 3.07. The van der Waals surface area contributed by atoms with E-state index in [9.17, 15) is 13.2 Å². The summed E-state index contributed by atoms with van der Waals surface area (Å²) in [4.78, 5) is 0. The van der Waals surface area contributed by atoms with E-state index in [2.05, 4.69) is 0 Å². The Kier molecular flexibility index (Phi) is 4.26. The van der Waals surface area contributed by atoms with Crippen LogP contribution >= 0.6 is 7.92 Å². The summed E-state index contributed by atoms with van der Waals surface area (Å²) in [6.07, 6.45) is -3.14. The smallest absolute Gasteiger partial charge is 0.171 e. The summed E-state index contributed by atoms with van der Waals surface area (Å²) < 4.78 is 35.1. The van der Waals surface area contributed by atoms with Crippen molar-refractivity contribution in [3.05, 3.63) is 0 Å². The molecule has 0 aromatic heterocycles. The van der Waals surface area contributed by atoms with E-state index >= 15 is 0 Å². The van der Waals surface area contributed by atoms with Gasteiger partial charge in [0.05, 0.1) is 6.16 Å². The van der Waals surface area contributed by atoms with Crippen molar-refractivity contribution < 1.29 is 13.2 Å². The van der Waals surface area contributed by atoms with Crippen LogP contribution in [0, 0.1) is 0 Å². The van der Waals surface area contributed by atoms with Crippen molar-refractivity contribution in [3.8, 4) is 0 Å². The van der Waals surface area contributed by atoms with Crippen LogP contribution in [-0.4, -0.2) is 24.7 Å². The average Bonchev–Trinajstić information content (AvgIpc) is 1.81. The Morgan fingerprint density at radius 3 is 1.60 bits per heavy atom. The number of rotatable bonds is 3. The Labute approximate surface area is 60.6 Å². The molecule has 0 aliphatic rings. The molecule has 0 saturated carbocycles. The van der Waals surface area contributed by atoms with Gasteiger partial charge in [-0.05, 0) is 12.3 Å². The lowest BCUT2D eigenvalue weighted by atomic mass is 10.8. The first-order chi connectivity index (χ1) is 4.49. The first-order valence-corrected chi connectivity index (χ1v) is 5.18. The standard InChI is InChI=1S/C6H12F3P/c1-3-10(4-2)5-6(7,8)9/h3-5H2,1-2H3. The monoisotopic (exact) mass is 172 g/mol. The summed E-state index contributed by atoms with van der Waals surface area (Å²) in [5.41, 5.74) is 0. The zero-order chi connectivity index (χ0) is 8.20. The Balaban J connectivity index is 3.63. The van der Waals surface area contributed by atoms with Crippen LogP contribution in [0.25, 0.3) is 0 Å². The van der Waals surface area contributed by atoms with E-state index in [-0.39, 0.29) is 0 Å². The van der Waals surface area contributed by atoms with Gasteiger partial charge in [0.1, 0.15) is 0 Å². The summed E-state index contributed by atoms with van der Waals surface area (Å²) in [5.74, 6) is 0. The SMILES string of the molecule is CCP(CC)CC(F)(F)F. The Morgan fingerprint density at radius 2 is 1.50 bits per heavy atom. The van der Waals surface area contributed by atoms with Crippen molar-refractivity contribution in [1.82, 2.24) is 0 Å². The minimum Gasteiger partial charge on any atom is -0.171 e. The molecule has 0 amide bonds. The fourth-order valence-corrected chi connectivity index (χ4v) is 2.10. The molecule has 0 nitrogen and oxygen atoms in total. The minimum atomic E-state index is -3.95. The van der Waals surface area contributed by atoms with Crippen LogP contribution in [0.2, 0.25) is 0 Å². The van der Waals surface area contributed by atoms with Crippen molar-refractivity contribution in [1.29, 1.82) is 0 Å². The van der Waals surface area contributed by atoms with Crippen LogP contribution in [0.15, 0.2) is 0 Å². The van der Waals surface area contributed by atoms with Gasteiger partial charge in [0.25, 0.3) is 0 Å². The topological polar surface area (TPSA) is 0 Å². The highest BCUT2D eigenvalue weighted by atomic mass is 31.1. The third-order valence-electron chi connectivity index (χ3n) is 1.30. The zero-order valence-electron chi connectivity index (χ0n) is 6.20. The quantitative estimate of drug-likeness (QED) is 0.574. The minimum absolute atomic E-state index is 0.560. The second-order valence-corrected chi connectivity index (χ2v) is 5.00. The van der Waals surface area contributed by atoms with Crippen LogP contribution in [-0.2, 0) is 0 Å². The van der Waals surface area contributed by atoms with Gasteiger partial charge < -0.3 is 0 Å². The summed E-state index contributed by atoms with van der Waals surface area (Å²) in [7, 11) is -0.769. The summed E-state index contributed by atoms with van der Waals surface area (Å²) >= 11 is 0. The zero-order valence-corrected chi connectivity index (χ0v) is 7.10. The summed E-state index contributed by atoms with van der Waals surface area (Å²) in [6, 6.07) is 0. The van der Waals surface area contributed by atoms with Crippen molar-refractivity contribution in [2.45, 2.75) is 20.0 Å². The molecule has 0 atom stereocenters. The molecule has 0 radical (unpaired) electrons. The molecule has 0 aliphatic heterocycles. The van der Waals surface area contributed by atoms with Crippen molar-refractivity contribution in [2.75, 3.05) is 18.5 Å². The molecule has 0 aliphatic carbocycles. The van der Waals surface area contributed by atoms with Crippen LogP contribution < -0.4 is 0 Å². The van der Waals surface area contributed by atoms with Crippen LogP contribution in [0.5, 0.6) is 0 Å². The number of hydrogen-bond acceptors (Lipinski definition) is 0. The maximum atomic E-state index is 11.7. The molecule has 0 rings (SSSR count). The number of halogens is 3. The van der Waals surface area contributed by atoms with Gasteiger partial charge in [0.2, 0.25) is 0 Å². The third-order valence-corrected chi connectivity index (χ3v) is 3.89. The maximum Gasteiger partial charge on any atom is 0.392 e. The van der Waals surface area contributed by atoms with E-state index in [4.69, 9.17) is 0 Å². The normalized spacial score (nSPS) is 12.6. The van der Waals surface area contributed by atoms with E-state index in [1.165, 1.54) is 0 Å². The van der Waals surface area contributed by atoms with Gasteiger partial charge in [0, 0.05) is 0 Å². The Bertz CT molecular complexity index is 85.5. The van der Waals surface area contributed by atoms with Crippen molar-refractivity contribution in [2.24, 2.45) is 0 Å². The summed E-state index contributed by atoms with van der Waals surface area (Å²) in [5, 5.41) is 0. The Hall–Kier alpha value is 0.220. The van der Waals surface area contributed by atoms with E-state index in [0.29, 0.717) is 12.3 Å². The highest BCUT2D eigenvalue weighted by Crippen LogP contribution is 2.40. The molecule has 0 aromatic rings. The first-order valence-electron chi connectivity index (χ1n) is 3.28. The van der Waals surface area contributed by atoms with Crippen LogP contribution in [0.1, 0.15) is 13.8 Å². The fraction of sp³-hybridized carbons (Fsp3) is 1.00. The molecular weight excluding hydrogens is 160 g/mol. The fourth-order valence-electron chi connectivity index (χ4n) is 0.701. The van der Waals surface area contributed by atoms with E-state index in [1.807, 2.05) is 13.8 Å². The molecule has 62 valence electrons.